The van der Waals surface area contributed by atoms with E-state index in [1.807, 2.05) is 0 Å². The van der Waals surface area contributed by atoms with Crippen LogP contribution in [0.2, 0.25) is 0 Å². The third-order valence-corrected chi connectivity index (χ3v) is 1.37. The number of hydrogen-bond donors (Lipinski definition) is 2. The van der Waals surface area contributed by atoms with Gasteiger partial charge in [-0.15, -0.1) is 5.10 Å². The van der Waals surface area contributed by atoms with Gasteiger partial charge in [0.25, 0.3) is 0 Å². The van der Waals surface area contributed by atoms with E-state index >= 15 is 0 Å². The third kappa shape index (κ3) is 2.06. The van der Waals surface area contributed by atoms with Crippen molar-refractivity contribution in [2.45, 2.75) is 0 Å². The number of nitrogens with one attached hydrogen (secondary N) is 1. The van der Waals surface area contributed by atoms with Crippen molar-refractivity contribution < 1.29 is 22.4 Å². The second kappa shape index (κ2) is 3.37. The molecule has 8 heavy (non-hydrogen) atoms. The Balaban J connectivity index is 0.000000490. The molecule has 49 valence electrons. The van der Waals surface area contributed by atoms with Crippen LogP contribution in [0.25, 0.3) is 0 Å². The molecule has 0 bridgehead atoms. The number of hydrogen-bond acceptors (Lipinski definition) is 4. The standard InChI is InChI=1S/C2H3N3S2.Ag/c3-1-4-5-2(6)7-1;/h(H2,3,4)(H,5,6);. The van der Waals surface area contributed by atoms with Crippen molar-refractivity contribution in [3.8, 4) is 0 Å². The monoisotopic (exact) mass is 240 g/mol. The maximum Gasteiger partial charge on any atom is 0.201 e. The summed E-state index contributed by atoms with van der Waals surface area (Å²) in [6.45, 7) is 0. The normalized spacial score (nSPS) is 8.00. The maximum atomic E-state index is 5.19. The molecule has 0 aliphatic carbocycles. The zero-order valence-electron chi connectivity index (χ0n) is 3.64. The van der Waals surface area contributed by atoms with Gasteiger partial charge in [-0.25, -0.2) is 0 Å². The van der Waals surface area contributed by atoms with Crippen LogP contribution in [-0.2, 0) is 22.4 Å². The van der Waals surface area contributed by atoms with Crippen LogP contribution in [0.5, 0.6) is 0 Å². The van der Waals surface area contributed by atoms with Gasteiger partial charge >= 0.3 is 0 Å². The van der Waals surface area contributed by atoms with Gasteiger partial charge in [0.1, 0.15) is 0 Å². The van der Waals surface area contributed by atoms with Crippen molar-refractivity contribution in [3.63, 3.8) is 0 Å². The fourth-order valence-corrected chi connectivity index (χ4v) is 0.916. The first-order valence-electron chi connectivity index (χ1n) is 1.60. The van der Waals surface area contributed by atoms with Crippen molar-refractivity contribution in [3.05, 3.63) is 3.95 Å². The first kappa shape index (κ1) is 8.32. The Kier molecular flexibility index (Phi) is 3.50. The average Bonchev–Trinajstić information content (AvgIpc) is 1.87. The van der Waals surface area contributed by atoms with E-state index in [9.17, 15) is 0 Å². The van der Waals surface area contributed by atoms with Crippen molar-refractivity contribution in [2.75, 3.05) is 5.73 Å². The van der Waals surface area contributed by atoms with E-state index in [2.05, 4.69) is 22.4 Å². The van der Waals surface area contributed by atoms with E-state index < -0.39 is 0 Å². The van der Waals surface area contributed by atoms with Crippen LogP contribution in [0.1, 0.15) is 0 Å². The summed E-state index contributed by atoms with van der Waals surface area (Å²) in [4.78, 5) is 0. The van der Waals surface area contributed by atoms with Gasteiger partial charge in [0, 0.05) is 22.4 Å². The predicted molar refractivity (Wildman–Crippen MR) is 31.7 cm³/mol. The Bertz CT molecular complexity index is 203. The summed E-state index contributed by atoms with van der Waals surface area (Å²) in [5, 5.41) is 6.60. The molecule has 0 aliphatic heterocycles. The molecule has 0 fully saturated rings. The van der Waals surface area contributed by atoms with E-state index in [-0.39, 0.29) is 22.4 Å². The summed E-state index contributed by atoms with van der Waals surface area (Å²) in [5.41, 5.74) is 5.19. The predicted octanol–water partition coefficient (Wildman–Crippen LogP) is 0.780. The molecule has 1 rings (SSSR count). The van der Waals surface area contributed by atoms with E-state index in [4.69, 9.17) is 5.73 Å². The van der Waals surface area contributed by atoms with Crippen LogP contribution in [-0.4, -0.2) is 10.2 Å². The largest absolute Gasteiger partial charge is 0.374 e. The number of aromatic amines is 1. The van der Waals surface area contributed by atoms with Gasteiger partial charge in [-0.3, -0.25) is 5.10 Å². The van der Waals surface area contributed by atoms with Crippen LogP contribution in [0.15, 0.2) is 0 Å². The van der Waals surface area contributed by atoms with Gasteiger partial charge in [-0.1, -0.05) is 11.3 Å². The smallest absolute Gasteiger partial charge is 0.201 e. The topological polar surface area (TPSA) is 54.7 Å². The van der Waals surface area contributed by atoms with Gasteiger partial charge in [0.2, 0.25) is 5.13 Å². The molecular weight excluding hydrogens is 238 g/mol. The molecule has 6 heteroatoms. The molecule has 0 saturated carbocycles. The second-order valence-electron chi connectivity index (χ2n) is 0.951. The molecule has 1 heterocycles. The number of anilines is 1. The minimum atomic E-state index is 0. The van der Waals surface area contributed by atoms with E-state index in [1.165, 1.54) is 11.3 Å². The molecule has 0 saturated heterocycles. The van der Waals surface area contributed by atoms with Crippen LogP contribution in [0, 0.1) is 3.95 Å². The van der Waals surface area contributed by atoms with Crippen molar-refractivity contribution >= 4 is 28.7 Å². The number of H-pyrrole nitrogens is 1. The summed E-state index contributed by atoms with van der Waals surface area (Å²) in [6, 6.07) is 0. The summed E-state index contributed by atoms with van der Waals surface area (Å²) >= 11 is 5.92. The minimum Gasteiger partial charge on any atom is -0.374 e. The summed E-state index contributed by atoms with van der Waals surface area (Å²) < 4.78 is 0.623. The summed E-state index contributed by atoms with van der Waals surface area (Å²) in [7, 11) is 0. The summed E-state index contributed by atoms with van der Waals surface area (Å²) in [6.07, 6.45) is 0. The van der Waals surface area contributed by atoms with Crippen LogP contribution < -0.4 is 5.73 Å². The molecule has 1 aromatic rings. The first-order chi connectivity index (χ1) is 3.29. The molecule has 3 N–H and O–H groups in total. The van der Waals surface area contributed by atoms with Crippen molar-refractivity contribution in [1.29, 1.82) is 0 Å². The number of nitrogens with zero attached hydrogens (tertiary/aromatic N) is 1. The molecule has 1 aromatic heterocycles. The molecule has 3 nitrogen and oxygen atoms in total. The van der Waals surface area contributed by atoms with Crippen LogP contribution >= 0.6 is 23.6 Å². The SMILES string of the molecule is Nc1n[nH]c(=S)s1.[Ag]. The fourth-order valence-electron chi connectivity index (χ4n) is 0.241. The maximum absolute atomic E-state index is 5.19. The van der Waals surface area contributed by atoms with E-state index in [0.29, 0.717) is 9.09 Å². The Morgan fingerprint density at radius 3 is 2.50 bits per heavy atom. The Labute approximate surface area is 70.8 Å². The molecule has 0 spiro atoms. The Morgan fingerprint density at radius 2 is 2.38 bits per heavy atom. The van der Waals surface area contributed by atoms with E-state index in [0.717, 1.165) is 0 Å². The molecule has 0 atom stereocenters. The molecule has 0 unspecified atom stereocenters. The molecule has 0 amide bonds. The van der Waals surface area contributed by atoms with Gasteiger partial charge in [-0.2, -0.15) is 0 Å². The number of rotatable bonds is 0. The summed E-state index contributed by atoms with van der Waals surface area (Å²) in [5.74, 6) is 0. The molecule has 0 aromatic carbocycles. The Morgan fingerprint density at radius 1 is 1.75 bits per heavy atom. The zero-order chi connectivity index (χ0) is 5.28. The van der Waals surface area contributed by atoms with Gasteiger partial charge in [0.15, 0.2) is 3.95 Å². The third-order valence-electron chi connectivity index (χ3n) is 0.455. The van der Waals surface area contributed by atoms with Gasteiger partial charge in [-0.05, 0) is 12.2 Å². The zero-order valence-corrected chi connectivity index (χ0v) is 6.76. The molecular formula is C2H3AgN3S2. The van der Waals surface area contributed by atoms with Gasteiger partial charge < -0.3 is 5.73 Å². The average molecular weight is 241 g/mol. The number of aromatic nitrogens is 2. The Hall–Kier alpha value is 0.320. The molecule has 0 aliphatic rings. The fraction of sp³-hybridized carbons (Fsp3) is 0. The van der Waals surface area contributed by atoms with Crippen molar-refractivity contribution in [2.24, 2.45) is 0 Å². The minimum absolute atomic E-state index is 0. The quantitative estimate of drug-likeness (QED) is 0.521. The molecule has 1 radical (unpaired) electrons. The van der Waals surface area contributed by atoms with Crippen molar-refractivity contribution in [1.82, 2.24) is 10.2 Å². The number of nitrogens with two attached hydrogens (primary N) is 1. The van der Waals surface area contributed by atoms with Gasteiger partial charge in [0.05, 0.1) is 0 Å². The van der Waals surface area contributed by atoms with E-state index in [1.54, 1.807) is 0 Å². The number of nitrogen functional groups attached to an aromatic ring is 1. The first-order valence-corrected chi connectivity index (χ1v) is 2.82. The van der Waals surface area contributed by atoms with Crippen LogP contribution in [0.3, 0.4) is 0 Å². The van der Waals surface area contributed by atoms with Crippen LogP contribution in [0.4, 0.5) is 5.13 Å². The second-order valence-corrected chi connectivity index (χ2v) is 2.65.